The third-order valence-corrected chi connectivity index (χ3v) is 3.71. The number of aromatic nitrogens is 4. The highest BCUT2D eigenvalue weighted by Crippen LogP contribution is 2.22. The number of nitrogens with one attached hydrogen (secondary N) is 1. The number of carbonyl (C=O) groups excluding carboxylic acids is 1. The molecule has 0 saturated carbocycles. The minimum atomic E-state index is -0.0844. The SMILES string of the molecule is Cc1ccc(N2CCCC(C(=O)Nc3cnccn3)C2)nn1. The Morgan fingerprint density at radius 1 is 1.32 bits per heavy atom. The third-order valence-electron chi connectivity index (χ3n) is 3.71. The molecule has 0 aliphatic carbocycles. The Bertz CT molecular complexity index is 630. The number of amides is 1. The molecule has 1 aliphatic rings. The second-order valence-corrected chi connectivity index (χ2v) is 5.40. The van der Waals surface area contributed by atoms with Crippen molar-refractivity contribution in [3.63, 3.8) is 0 Å². The number of hydrogen-bond donors (Lipinski definition) is 1. The van der Waals surface area contributed by atoms with Crippen LogP contribution < -0.4 is 10.2 Å². The number of aryl methyl sites for hydroxylation is 1. The maximum Gasteiger partial charge on any atom is 0.230 e. The van der Waals surface area contributed by atoms with Gasteiger partial charge in [-0.25, -0.2) is 4.98 Å². The summed E-state index contributed by atoms with van der Waals surface area (Å²) in [7, 11) is 0. The molecule has 1 aliphatic heterocycles. The van der Waals surface area contributed by atoms with Gasteiger partial charge in [-0.2, -0.15) is 5.10 Å². The maximum atomic E-state index is 12.4. The summed E-state index contributed by atoms with van der Waals surface area (Å²) in [4.78, 5) is 22.5. The molecule has 22 heavy (non-hydrogen) atoms. The van der Waals surface area contributed by atoms with E-state index >= 15 is 0 Å². The summed E-state index contributed by atoms with van der Waals surface area (Å²) in [6, 6.07) is 3.89. The molecule has 114 valence electrons. The van der Waals surface area contributed by atoms with Crippen molar-refractivity contribution in [1.82, 2.24) is 20.2 Å². The van der Waals surface area contributed by atoms with Gasteiger partial charge in [-0.15, -0.1) is 5.10 Å². The molecule has 3 rings (SSSR count). The summed E-state index contributed by atoms with van der Waals surface area (Å²) in [5.41, 5.74) is 0.887. The van der Waals surface area contributed by atoms with Crippen LogP contribution in [0, 0.1) is 12.8 Å². The quantitative estimate of drug-likeness (QED) is 0.923. The van der Waals surface area contributed by atoms with Gasteiger partial charge in [0.25, 0.3) is 0 Å². The second-order valence-electron chi connectivity index (χ2n) is 5.40. The van der Waals surface area contributed by atoms with E-state index in [-0.39, 0.29) is 11.8 Å². The average Bonchev–Trinajstić information content (AvgIpc) is 2.56. The van der Waals surface area contributed by atoms with Gasteiger partial charge in [-0.1, -0.05) is 0 Å². The highest BCUT2D eigenvalue weighted by atomic mass is 16.2. The topological polar surface area (TPSA) is 83.9 Å². The van der Waals surface area contributed by atoms with E-state index < -0.39 is 0 Å². The van der Waals surface area contributed by atoms with Gasteiger partial charge >= 0.3 is 0 Å². The number of carbonyl (C=O) groups is 1. The molecule has 1 atom stereocenters. The molecular weight excluding hydrogens is 280 g/mol. The molecule has 1 N–H and O–H groups in total. The highest BCUT2D eigenvalue weighted by molar-refractivity contribution is 5.92. The molecule has 0 radical (unpaired) electrons. The molecule has 1 amide bonds. The van der Waals surface area contributed by atoms with Gasteiger partial charge in [0, 0.05) is 25.5 Å². The van der Waals surface area contributed by atoms with E-state index in [0.717, 1.165) is 30.9 Å². The van der Waals surface area contributed by atoms with Crippen molar-refractivity contribution in [2.45, 2.75) is 19.8 Å². The lowest BCUT2D eigenvalue weighted by Crippen LogP contribution is -2.41. The first kappa shape index (κ1) is 14.4. The van der Waals surface area contributed by atoms with Gasteiger partial charge in [0.05, 0.1) is 17.8 Å². The van der Waals surface area contributed by atoms with Crippen molar-refractivity contribution >= 4 is 17.5 Å². The van der Waals surface area contributed by atoms with Crippen molar-refractivity contribution in [2.75, 3.05) is 23.3 Å². The predicted octanol–water partition coefficient (Wildman–Crippen LogP) is 1.43. The van der Waals surface area contributed by atoms with E-state index in [2.05, 4.69) is 30.4 Å². The minimum absolute atomic E-state index is 0.0229. The lowest BCUT2D eigenvalue weighted by Gasteiger charge is -2.32. The molecule has 0 aromatic carbocycles. The molecular formula is C15H18N6O. The highest BCUT2D eigenvalue weighted by Gasteiger charge is 2.27. The lowest BCUT2D eigenvalue weighted by atomic mass is 9.97. The van der Waals surface area contributed by atoms with Crippen LogP contribution in [-0.4, -0.2) is 39.2 Å². The molecule has 1 unspecified atom stereocenters. The van der Waals surface area contributed by atoms with Gasteiger partial charge in [0.1, 0.15) is 0 Å². The molecule has 0 spiro atoms. The van der Waals surface area contributed by atoms with Gasteiger partial charge in [-0.05, 0) is 31.9 Å². The Morgan fingerprint density at radius 2 is 2.23 bits per heavy atom. The molecule has 0 bridgehead atoms. The van der Waals surface area contributed by atoms with Gasteiger partial charge in [0.2, 0.25) is 5.91 Å². The van der Waals surface area contributed by atoms with Crippen LogP contribution in [0.4, 0.5) is 11.6 Å². The first-order valence-electron chi connectivity index (χ1n) is 7.34. The number of anilines is 2. The number of piperidine rings is 1. The Balaban J connectivity index is 1.65. The predicted molar refractivity (Wildman–Crippen MR) is 82.4 cm³/mol. The van der Waals surface area contributed by atoms with Crippen molar-refractivity contribution < 1.29 is 4.79 Å². The smallest absolute Gasteiger partial charge is 0.230 e. The van der Waals surface area contributed by atoms with Crippen LogP contribution in [0.15, 0.2) is 30.7 Å². The normalized spacial score (nSPS) is 18.0. The fourth-order valence-electron chi connectivity index (χ4n) is 2.55. The van der Waals surface area contributed by atoms with Crippen LogP contribution in [0.1, 0.15) is 18.5 Å². The first-order valence-corrected chi connectivity index (χ1v) is 7.34. The Morgan fingerprint density at radius 3 is 2.95 bits per heavy atom. The lowest BCUT2D eigenvalue weighted by molar-refractivity contribution is -0.120. The van der Waals surface area contributed by atoms with E-state index in [4.69, 9.17) is 0 Å². The van der Waals surface area contributed by atoms with E-state index in [1.54, 1.807) is 18.6 Å². The van der Waals surface area contributed by atoms with Crippen LogP contribution in [0.2, 0.25) is 0 Å². The van der Waals surface area contributed by atoms with Crippen LogP contribution in [0.25, 0.3) is 0 Å². The van der Waals surface area contributed by atoms with E-state index in [9.17, 15) is 4.79 Å². The molecule has 2 aromatic heterocycles. The van der Waals surface area contributed by atoms with Crippen LogP contribution >= 0.6 is 0 Å². The van der Waals surface area contributed by atoms with Gasteiger partial charge in [-0.3, -0.25) is 9.78 Å². The fourth-order valence-corrected chi connectivity index (χ4v) is 2.55. The summed E-state index contributed by atoms with van der Waals surface area (Å²) in [6.45, 7) is 3.45. The van der Waals surface area contributed by atoms with Gasteiger partial charge in [0.15, 0.2) is 11.6 Å². The third kappa shape index (κ3) is 3.36. The molecule has 3 heterocycles. The molecule has 7 nitrogen and oxygen atoms in total. The summed E-state index contributed by atoms with van der Waals surface area (Å²) in [5.74, 6) is 1.20. The summed E-state index contributed by atoms with van der Waals surface area (Å²) in [6.07, 6.45) is 6.50. The summed E-state index contributed by atoms with van der Waals surface area (Å²) in [5, 5.41) is 11.1. The number of hydrogen-bond acceptors (Lipinski definition) is 6. The van der Waals surface area contributed by atoms with E-state index in [1.165, 1.54) is 0 Å². The van der Waals surface area contributed by atoms with Crippen molar-refractivity contribution in [1.29, 1.82) is 0 Å². The Hall–Kier alpha value is -2.57. The average molecular weight is 298 g/mol. The van der Waals surface area contributed by atoms with Crippen molar-refractivity contribution in [3.05, 3.63) is 36.4 Å². The minimum Gasteiger partial charge on any atom is -0.354 e. The van der Waals surface area contributed by atoms with Crippen molar-refractivity contribution in [2.24, 2.45) is 5.92 Å². The number of nitrogens with zero attached hydrogens (tertiary/aromatic N) is 5. The maximum absolute atomic E-state index is 12.4. The number of rotatable bonds is 3. The van der Waals surface area contributed by atoms with Crippen LogP contribution in [0.3, 0.4) is 0 Å². The van der Waals surface area contributed by atoms with E-state index in [1.807, 2.05) is 19.1 Å². The molecule has 1 saturated heterocycles. The Labute approximate surface area is 128 Å². The second kappa shape index (κ2) is 6.46. The van der Waals surface area contributed by atoms with Gasteiger partial charge < -0.3 is 10.2 Å². The molecule has 1 fully saturated rings. The Kier molecular flexibility index (Phi) is 4.22. The largest absolute Gasteiger partial charge is 0.354 e. The zero-order chi connectivity index (χ0) is 15.4. The monoisotopic (exact) mass is 298 g/mol. The standard InChI is InChI=1S/C15H18N6O/c1-11-4-5-14(20-19-11)21-8-2-3-12(10-21)15(22)18-13-9-16-6-7-17-13/h4-7,9,12H,2-3,8,10H2,1H3,(H,17,18,22). The molecule has 7 heteroatoms. The zero-order valence-electron chi connectivity index (χ0n) is 12.4. The summed E-state index contributed by atoms with van der Waals surface area (Å²) < 4.78 is 0. The van der Waals surface area contributed by atoms with Crippen LogP contribution in [-0.2, 0) is 4.79 Å². The molecule has 2 aromatic rings. The van der Waals surface area contributed by atoms with Crippen LogP contribution in [0.5, 0.6) is 0 Å². The first-order chi connectivity index (χ1) is 10.7. The van der Waals surface area contributed by atoms with Crippen molar-refractivity contribution in [3.8, 4) is 0 Å². The summed E-state index contributed by atoms with van der Waals surface area (Å²) >= 11 is 0. The fraction of sp³-hybridized carbons (Fsp3) is 0.400. The zero-order valence-corrected chi connectivity index (χ0v) is 12.4. The van der Waals surface area contributed by atoms with E-state index in [0.29, 0.717) is 12.4 Å².